The molecule has 0 radical (unpaired) electrons. The third-order valence-electron chi connectivity index (χ3n) is 6.42. The van der Waals surface area contributed by atoms with Crippen LogP contribution in [-0.4, -0.2) is 75.2 Å². The maximum absolute atomic E-state index is 13.0. The Morgan fingerprint density at radius 1 is 1.10 bits per heavy atom. The summed E-state index contributed by atoms with van der Waals surface area (Å²) in [5.41, 5.74) is 1.75. The average Bonchev–Trinajstić information content (AvgIpc) is 3.47. The molecule has 40 heavy (non-hydrogen) atoms. The maximum atomic E-state index is 13.0. The standard InChI is InChI=1S/C25H24Cl2N6O6S/c1-40(37,38)17-4-2-13(3-5-17)9-28-22-20-23(30-11-29-22)33(12-31-20)25-19(21(35)18(10-34)39-25)32-24(36)14-6-15(26)8-16(27)7-14/h2-8,11-12,18-19,21,25,34-35H,9-10H2,1H3,(H,32,36)(H,28,29,30)/t18-,19-,21-,25-/m1/s1. The van der Waals surface area contributed by atoms with Crippen LogP contribution < -0.4 is 10.6 Å². The quantitative estimate of drug-likeness (QED) is 0.233. The van der Waals surface area contributed by atoms with E-state index in [1.165, 1.54) is 47.6 Å². The maximum Gasteiger partial charge on any atom is 0.251 e. The van der Waals surface area contributed by atoms with Crippen molar-refractivity contribution in [3.8, 4) is 0 Å². The highest BCUT2D eigenvalue weighted by molar-refractivity contribution is 7.90. The Balaban J connectivity index is 1.40. The second-order valence-corrected chi connectivity index (χ2v) is 12.1. The zero-order valence-corrected chi connectivity index (χ0v) is 23.2. The largest absolute Gasteiger partial charge is 0.394 e. The highest BCUT2D eigenvalue weighted by Gasteiger charge is 2.46. The van der Waals surface area contributed by atoms with Crippen LogP contribution in [0.25, 0.3) is 11.2 Å². The van der Waals surface area contributed by atoms with E-state index in [0.29, 0.717) is 23.5 Å². The molecule has 1 amide bonds. The average molecular weight is 607 g/mol. The van der Waals surface area contributed by atoms with E-state index in [4.69, 9.17) is 27.9 Å². The number of carbonyl (C=O) groups excluding carboxylic acids is 1. The molecule has 210 valence electrons. The van der Waals surface area contributed by atoms with Gasteiger partial charge in [0.1, 0.15) is 24.6 Å². The van der Waals surface area contributed by atoms with Crippen molar-refractivity contribution in [3.63, 3.8) is 0 Å². The number of imidazole rings is 1. The molecule has 2 aromatic heterocycles. The molecule has 0 bridgehead atoms. The number of nitrogens with zero attached hydrogens (tertiary/aromatic N) is 4. The van der Waals surface area contributed by atoms with Crippen LogP contribution in [-0.2, 0) is 21.1 Å². The first kappa shape index (κ1) is 28.2. The molecular weight excluding hydrogens is 583 g/mol. The minimum atomic E-state index is -3.30. The summed E-state index contributed by atoms with van der Waals surface area (Å²) in [7, 11) is -3.30. The van der Waals surface area contributed by atoms with Crippen molar-refractivity contribution in [3.05, 3.63) is 76.3 Å². The number of hydrogen-bond acceptors (Lipinski definition) is 10. The fourth-order valence-electron chi connectivity index (χ4n) is 4.42. The van der Waals surface area contributed by atoms with Gasteiger partial charge in [0.2, 0.25) is 0 Å². The van der Waals surface area contributed by atoms with Crippen LogP contribution in [0.4, 0.5) is 5.82 Å². The van der Waals surface area contributed by atoms with Crippen molar-refractivity contribution in [2.45, 2.75) is 35.9 Å². The summed E-state index contributed by atoms with van der Waals surface area (Å²) >= 11 is 12.1. The zero-order valence-electron chi connectivity index (χ0n) is 20.9. The van der Waals surface area contributed by atoms with Crippen LogP contribution in [0.1, 0.15) is 22.1 Å². The molecular formula is C25H24Cl2N6O6S. The highest BCUT2D eigenvalue weighted by Crippen LogP contribution is 2.33. The normalized spacial score (nSPS) is 21.0. The van der Waals surface area contributed by atoms with Crippen LogP contribution in [0.3, 0.4) is 0 Å². The van der Waals surface area contributed by atoms with Crippen molar-refractivity contribution in [1.29, 1.82) is 0 Å². The minimum Gasteiger partial charge on any atom is -0.394 e. The summed E-state index contributed by atoms with van der Waals surface area (Å²) in [4.78, 5) is 26.3. The molecule has 12 nitrogen and oxygen atoms in total. The smallest absolute Gasteiger partial charge is 0.251 e. The number of sulfone groups is 1. The first-order valence-corrected chi connectivity index (χ1v) is 14.6. The lowest BCUT2D eigenvalue weighted by atomic mass is 10.1. The Bertz CT molecular complexity index is 1650. The summed E-state index contributed by atoms with van der Waals surface area (Å²) in [5, 5.41) is 27.1. The van der Waals surface area contributed by atoms with E-state index in [1.54, 1.807) is 12.1 Å². The molecule has 4 N–H and O–H groups in total. The number of benzene rings is 2. The van der Waals surface area contributed by atoms with Crippen molar-refractivity contribution in [2.24, 2.45) is 0 Å². The third kappa shape index (κ3) is 5.75. The van der Waals surface area contributed by atoms with Gasteiger partial charge in [0, 0.05) is 28.4 Å². The van der Waals surface area contributed by atoms with Gasteiger partial charge < -0.3 is 25.6 Å². The number of aliphatic hydroxyl groups excluding tert-OH is 2. The van der Waals surface area contributed by atoms with Gasteiger partial charge in [0.05, 0.1) is 17.8 Å². The number of hydrogen-bond donors (Lipinski definition) is 4. The van der Waals surface area contributed by atoms with E-state index >= 15 is 0 Å². The lowest BCUT2D eigenvalue weighted by Crippen LogP contribution is -2.46. The number of amides is 1. The molecule has 15 heteroatoms. The first-order valence-electron chi connectivity index (χ1n) is 12.0. The number of halogens is 2. The Labute approximate surface area is 238 Å². The topological polar surface area (TPSA) is 169 Å². The second-order valence-electron chi connectivity index (χ2n) is 9.21. The van der Waals surface area contributed by atoms with Crippen LogP contribution in [0.15, 0.2) is 60.0 Å². The van der Waals surface area contributed by atoms with Crippen LogP contribution in [0.2, 0.25) is 10.0 Å². The van der Waals surface area contributed by atoms with Gasteiger partial charge in [0.15, 0.2) is 33.0 Å². The van der Waals surface area contributed by atoms with Gasteiger partial charge in [-0.1, -0.05) is 35.3 Å². The van der Waals surface area contributed by atoms with Gasteiger partial charge in [-0.15, -0.1) is 0 Å². The highest BCUT2D eigenvalue weighted by atomic mass is 35.5. The molecule has 4 aromatic rings. The summed E-state index contributed by atoms with van der Waals surface area (Å²) in [6, 6.07) is 9.84. The molecule has 0 aliphatic carbocycles. The summed E-state index contributed by atoms with van der Waals surface area (Å²) in [5.74, 6) is -0.147. The Hall–Kier alpha value is -3.33. The van der Waals surface area contributed by atoms with Crippen molar-refractivity contribution in [1.82, 2.24) is 24.8 Å². The second kappa shape index (κ2) is 11.3. The van der Waals surface area contributed by atoms with E-state index in [-0.39, 0.29) is 20.5 Å². The van der Waals surface area contributed by atoms with Gasteiger partial charge in [0.25, 0.3) is 5.91 Å². The predicted molar refractivity (Wildman–Crippen MR) is 147 cm³/mol. The number of nitrogens with one attached hydrogen (secondary N) is 2. The molecule has 0 unspecified atom stereocenters. The van der Waals surface area contributed by atoms with Crippen LogP contribution in [0.5, 0.6) is 0 Å². The molecule has 1 aliphatic rings. The van der Waals surface area contributed by atoms with E-state index in [1.807, 2.05) is 0 Å². The molecule has 2 aromatic carbocycles. The lowest BCUT2D eigenvalue weighted by molar-refractivity contribution is -0.0440. The van der Waals surface area contributed by atoms with E-state index < -0.39 is 46.8 Å². The van der Waals surface area contributed by atoms with Crippen LogP contribution in [0, 0.1) is 0 Å². The Kier molecular flexibility index (Phi) is 7.95. The molecule has 4 atom stereocenters. The van der Waals surface area contributed by atoms with Gasteiger partial charge in [-0.05, 0) is 35.9 Å². The fraction of sp³-hybridized carbons (Fsp3) is 0.280. The van der Waals surface area contributed by atoms with Crippen molar-refractivity contribution < 1.29 is 28.2 Å². The molecule has 1 fully saturated rings. The van der Waals surface area contributed by atoms with Crippen molar-refractivity contribution >= 4 is 55.9 Å². The predicted octanol–water partition coefficient (Wildman–Crippen LogP) is 2.20. The number of rotatable bonds is 8. The molecule has 3 heterocycles. The molecule has 0 saturated carbocycles. The number of fused-ring (bicyclic) bond motifs is 1. The minimum absolute atomic E-state index is 0.185. The van der Waals surface area contributed by atoms with Gasteiger partial charge in [-0.3, -0.25) is 9.36 Å². The van der Waals surface area contributed by atoms with Crippen molar-refractivity contribution in [2.75, 3.05) is 18.2 Å². The van der Waals surface area contributed by atoms with Gasteiger partial charge >= 0.3 is 0 Å². The number of ether oxygens (including phenoxy) is 1. The molecule has 0 spiro atoms. The fourth-order valence-corrected chi connectivity index (χ4v) is 5.57. The molecule has 1 saturated heterocycles. The Morgan fingerprint density at radius 2 is 1.80 bits per heavy atom. The number of carbonyl (C=O) groups is 1. The zero-order chi connectivity index (χ0) is 28.6. The summed E-state index contributed by atoms with van der Waals surface area (Å²) < 4.78 is 30.9. The van der Waals surface area contributed by atoms with Gasteiger partial charge in [-0.2, -0.15) is 0 Å². The summed E-state index contributed by atoms with van der Waals surface area (Å²) in [6.45, 7) is -0.158. The SMILES string of the molecule is CS(=O)(=O)c1ccc(CNc2ncnc3c2ncn3[C@@H]2O[C@H](CO)[C@@H](O)[C@H]2NC(=O)c2cc(Cl)cc(Cl)c2)cc1. The monoisotopic (exact) mass is 606 g/mol. The molecule has 5 rings (SSSR count). The van der Waals surface area contributed by atoms with Gasteiger partial charge in [-0.25, -0.2) is 23.4 Å². The Morgan fingerprint density at radius 3 is 2.45 bits per heavy atom. The number of anilines is 1. The number of aliphatic hydroxyl groups is 2. The van der Waals surface area contributed by atoms with Crippen LogP contribution >= 0.6 is 23.2 Å². The molecule has 1 aliphatic heterocycles. The van der Waals surface area contributed by atoms with E-state index in [0.717, 1.165) is 11.8 Å². The number of aromatic nitrogens is 4. The third-order valence-corrected chi connectivity index (χ3v) is 7.98. The van der Waals surface area contributed by atoms with E-state index in [2.05, 4.69) is 25.6 Å². The summed E-state index contributed by atoms with van der Waals surface area (Å²) in [6.07, 6.45) is 0.712. The first-order chi connectivity index (χ1) is 19.0. The lowest BCUT2D eigenvalue weighted by Gasteiger charge is -2.23. The van der Waals surface area contributed by atoms with E-state index in [9.17, 15) is 23.4 Å².